The Morgan fingerprint density at radius 1 is 0.857 bits per heavy atom. The summed E-state index contributed by atoms with van der Waals surface area (Å²) in [4.78, 5) is 10.8. The number of halogens is 3. The van der Waals surface area contributed by atoms with Gasteiger partial charge in [-0.2, -0.15) is 18.4 Å². The van der Waals surface area contributed by atoms with Gasteiger partial charge in [0.1, 0.15) is 12.4 Å². The van der Waals surface area contributed by atoms with Crippen LogP contribution in [0.5, 0.6) is 0 Å². The van der Waals surface area contributed by atoms with Crippen molar-refractivity contribution in [2.45, 2.75) is 6.18 Å². The van der Waals surface area contributed by atoms with Crippen molar-refractivity contribution in [2.24, 2.45) is 0 Å². The van der Waals surface area contributed by atoms with E-state index in [9.17, 15) is 23.2 Å². The minimum Gasteiger partial charge on any atom is -0.298 e. The zero-order valence-electron chi connectivity index (χ0n) is 14.6. The Balaban J connectivity index is 2.07. The highest BCUT2D eigenvalue weighted by Gasteiger charge is 2.33. The molecule has 138 valence electrons. The molecule has 5 heteroatoms. The van der Waals surface area contributed by atoms with E-state index in [0.29, 0.717) is 23.0 Å². The minimum atomic E-state index is -4.59. The lowest BCUT2D eigenvalue weighted by Gasteiger charge is -2.11. The molecule has 0 saturated heterocycles. The lowest BCUT2D eigenvalue weighted by atomic mass is 9.95. The number of nitriles is 1. The van der Waals surface area contributed by atoms with Gasteiger partial charge >= 0.3 is 6.18 Å². The quantitative estimate of drug-likeness (QED) is 0.400. The van der Waals surface area contributed by atoms with Crippen LogP contribution >= 0.6 is 0 Å². The average molecular weight is 377 g/mol. The molecule has 0 bridgehead atoms. The Kier molecular flexibility index (Phi) is 5.42. The molecule has 28 heavy (non-hydrogen) atoms. The summed E-state index contributed by atoms with van der Waals surface area (Å²) < 4.78 is 40.0. The fourth-order valence-corrected chi connectivity index (χ4v) is 2.91. The van der Waals surface area contributed by atoms with Gasteiger partial charge in [0.25, 0.3) is 0 Å². The predicted molar refractivity (Wildman–Crippen MR) is 102 cm³/mol. The van der Waals surface area contributed by atoms with Crippen molar-refractivity contribution in [1.29, 1.82) is 5.26 Å². The van der Waals surface area contributed by atoms with Gasteiger partial charge in [-0.3, -0.25) is 4.79 Å². The number of carbonyl (C=O) groups is 1. The van der Waals surface area contributed by atoms with E-state index in [0.717, 1.165) is 11.6 Å². The highest BCUT2D eigenvalue weighted by molar-refractivity contribution is 5.82. The molecule has 0 atom stereocenters. The zero-order valence-corrected chi connectivity index (χ0v) is 14.6. The summed E-state index contributed by atoms with van der Waals surface area (Å²) in [5, 5.41) is 9.61. The Hall–Kier alpha value is -3.65. The molecule has 0 aliphatic rings. The monoisotopic (exact) mass is 377 g/mol. The first-order chi connectivity index (χ1) is 13.4. The molecule has 3 rings (SSSR count). The van der Waals surface area contributed by atoms with Crippen molar-refractivity contribution in [1.82, 2.24) is 0 Å². The Morgan fingerprint density at radius 2 is 1.57 bits per heavy atom. The summed E-state index contributed by atoms with van der Waals surface area (Å²) in [5.41, 5.74) is 1.42. The number of nitrogens with zero attached hydrogens (tertiary/aromatic N) is 1. The number of benzene rings is 3. The van der Waals surface area contributed by atoms with Gasteiger partial charge < -0.3 is 0 Å². The maximum Gasteiger partial charge on any atom is 0.417 e. The fourth-order valence-electron chi connectivity index (χ4n) is 2.91. The second-order valence-electron chi connectivity index (χ2n) is 6.04. The summed E-state index contributed by atoms with van der Waals surface area (Å²) in [7, 11) is 0. The number of carbonyl (C=O) groups excluding carboxylic acids is 1. The first-order valence-electron chi connectivity index (χ1n) is 8.37. The van der Waals surface area contributed by atoms with Crippen molar-refractivity contribution in [3.8, 4) is 17.2 Å². The van der Waals surface area contributed by atoms with Gasteiger partial charge in [0.15, 0.2) is 0 Å². The van der Waals surface area contributed by atoms with Gasteiger partial charge in [-0.15, -0.1) is 0 Å². The largest absolute Gasteiger partial charge is 0.417 e. The molecule has 0 amide bonds. The van der Waals surface area contributed by atoms with E-state index in [1.54, 1.807) is 18.2 Å². The average Bonchev–Trinajstić information content (AvgIpc) is 2.71. The van der Waals surface area contributed by atoms with Gasteiger partial charge in [0.05, 0.1) is 11.1 Å². The van der Waals surface area contributed by atoms with Crippen LogP contribution in [-0.2, 0) is 6.18 Å². The summed E-state index contributed by atoms with van der Waals surface area (Å²) in [5.74, 6) is 0. The molecule has 0 heterocycles. The van der Waals surface area contributed by atoms with Crippen LogP contribution in [0.1, 0.15) is 32.6 Å². The third kappa shape index (κ3) is 4.02. The lowest BCUT2D eigenvalue weighted by molar-refractivity contribution is -0.137. The van der Waals surface area contributed by atoms with E-state index in [1.165, 1.54) is 24.3 Å². The van der Waals surface area contributed by atoms with Crippen LogP contribution in [-0.4, -0.2) is 6.29 Å². The van der Waals surface area contributed by atoms with E-state index in [-0.39, 0.29) is 11.1 Å². The smallest absolute Gasteiger partial charge is 0.298 e. The highest BCUT2D eigenvalue weighted by Crippen LogP contribution is 2.34. The molecule has 3 aromatic rings. The number of rotatable bonds is 4. The highest BCUT2D eigenvalue weighted by atomic mass is 19.4. The summed E-state index contributed by atoms with van der Waals surface area (Å²) in [6, 6.07) is 20.1. The first kappa shape index (κ1) is 19.1. The van der Waals surface area contributed by atoms with Crippen LogP contribution in [0.25, 0.3) is 23.3 Å². The van der Waals surface area contributed by atoms with Crippen molar-refractivity contribution in [3.63, 3.8) is 0 Å². The number of aldehydes is 1. The maximum absolute atomic E-state index is 13.3. The molecule has 0 aromatic heterocycles. The van der Waals surface area contributed by atoms with Crippen LogP contribution in [0, 0.1) is 11.3 Å². The molecule has 0 fully saturated rings. The molecule has 0 N–H and O–H groups in total. The van der Waals surface area contributed by atoms with E-state index in [4.69, 9.17) is 0 Å². The third-order valence-corrected chi connectivity index (χ3v) is 4.25. The summed E-state index contributed by atoms with van der Waals surface area (Å²) in [6.45, 7) is 0. The van der Waals surface area contributed by atoms with Crippen molar-refractivity contribution >= 4 is 18.4 Å². The van der Waals surface area contributed by atoms with Crippen molar-refractivity contribution in [3.05, 3.63) is 94.5 Å². The number of hydrogen-bond acceptors (Lipinski definition) is 2. The maximum atomic E-state index is 13.3. The van der Waals surface area contributed by atoms with Gasteiger partial charge in [0, 0.05) is 11.1 Å². The van der Waals surface area contributed by atoms with Crippen LogP contribution in [0.3, 0.4) is 0 Å². The first-order valence-corrected chi connectivity index (χ1v) is 8.37. The van der Waals surface area contributed by atoms with Crippen molar-refractivity contribution < 1.29 is 18.0 Å². The Labute approximate surface area is 160 Å². The SMILES string of the molecule is N#Cc1c(/C=C/c2ccc(C=O)cc2C(F)(F)F)cccc1-c1ccccc1. The predicted octanol–water partition coefficient (Wildman–Crippen LogP) is 6.23. The third-order valence-electron chi connectivity index (χ3n) is 4.25. The molecular formula is C23H14F3NO. The number of alkyl halides is 3. The summed E-state index contributed by atoms with van der Waals surface area (Å²) >= 11 is 0. The van der Waals surface area contributed by atoms with Crippen molar-refractivity contribution in [2.75, 3.05) is 0 Å². The second kappa shape index (κ2) is 7.93. The molecule has 0 spiro atoms. The van der Waals surface area contributed by atoms with Crippen LogP contribution < -0.4 is 0 Å². The standard InChI is InChI=1S/C23H14F3NO/c24-23(25,26)22-13-16(15-28)9-10-19(22)12-11-18-7-4-8-20(21(18)14-27)17-5-2-1-3-6-17/h1-13,15H/b12-11+. The van der Waals surface area contributed by atoms with Crippen LogP contribution in [0.15, 0.2) is 66.7 Å². The van der Waals surface area contributed by atoms with Crippen LogP contribution in [0.4, 0.5) is 13.2 Å². The molecule has 2 nitrogen and oxygen atoms in total. The van der Waals surface area contributed by atoms with E-state index < -0.39 is 11.7 Å². The Bertz CT molecular complexity index is 1080. The summed E-state index contributed by atoms with van der Waals surface area (Å²) in [6.07, 6.45) is -1.43. The van der Waals surface area contributed by atoms with Gasteiger partial charge in [-0.25, -0.2) is 0 Å². The Morgan fingerprint density at radius 3 is 2.21 bits per heavy atom. The topological polar surface area (TPSA) is 40.9 Å². The number of hydrogen-bond donors (Lipinski definition) is 0. The minimum absolute atomic E-state index is 0.0479. The van der Waals surface area contributed by atoms with Gasteiger partial charge in [-0.05, 0) is 22.8 Å². The lowest BCUT2D eigenvalue weighted by Crippen LogP contribution is -2.08. The van der Waals surface area contributed by atoms with E-state index in [2.05, 4.69) is 6.07 Å². The molecule has 0 radical (unpaired) electrons. The molecule has 3 aromatic carbocycles. The molecule has 0 unspecified atom stereocenters. The molecular weight excluding hydrogens is 363 g/mol. The zero-order chi connectivity index (χ0) is 20.1. The molecule has 0 aliphatic carbocycles. The second-order valence-corrected chi connectivity index (χ2v) is 6.04. The molecule has 0 saturated carbocycles. The van der Waals surface area contributed by atoms with Gasteiger partial charge in [-0.1, -0.05) is 72.8 Å². The van der Waals surface area contributed by atoms with Crippen LogP contribution in [0.2, 0.25) is 0 Å². The van der Waals surface area contributed by atoms with E-state index in [1.807, 2.05) is 30.3 Å². The normalized spacial score (nSPS) is 11.4. The van der Waals surface area contributed by atoms with E-state index >= 15 is 0 Å². The fraction of sp³-hybridized carbons (Fsp3) is 0.0435. The van der Waals surface area contributed by atoms with Gasteiger partial charge in [0.2, 0.25) is 0 Å². The molecule has 0 aliphatic heterocycles.